The van der Waals surface area contributed by atoms with Crippen LogP contribution in [-0.4, -0.2) is 36.0 Å². The summed E-state index contributed by atoms with van der Waals surface area (Å²) in [5, 5.41) is 1.04. The highest BCUT2D eigenvalue weighted by molar-refractivity contribution is 9.09. The highest BCUT2D eigenvalue weighted by Gasteiger charge is 2.15. The summed E-state index contributed by atoms with van der Waals surface area (Å²) in [5.41, 5.74) is 1.40. The maximum Gasteiger partial charge on any atom is 0.0576 e. The molecule has 1 saturated heterocycles. The van der Waals surface area contributed by atoms with E-state index in [0.29, 0.717) is 6.10 Å². The Hall–Kier alpha value is -0.380. The molecule has 1 atom stereocenters. The molecule has 0 saturated carbocycles. The van der Waals surface area contributed by atoms with Crippen LogP contribution < -0.4 is 0 Å². The molecule has 0 aliphatic carbocycles. The van der Waals surface area contributed by atoms with Crippen LogP contribution in [0.5, 0.6) is 0 Å². The highest BCUT2D eigenvalue weighted by Crippen LogP contribution is 2.17. The Morgan fingerprint density at radius 2 is 2.05 bits per heavy atom. The maximum atomic E-state index is 5.69. The fourth-order valence-electron chi connectivity index (χ4n) is 2.65. The normalized spacial score (nSPS) is 19.2. The number of hydrogen-bond acceptors (Lipinski definition) is 2. The largest absolute Gasteiger partial charge is 0.378 e. The van der Waals surface area contributed by atoms with E-state index >= 15 is 0 Å². The lowest BCUT2D eigenvalue weighted by molar-refractivity contribution is 0.0987. The van der Waals surface area contributed by atoms with Crippen molar-refractivity contribution in [3.63, 3.8) is 0 Å². The Bertz CT molecular complexity index is 338. The number of ether oxygens (including phenoxy) is 1. The van der Waals surface area contributed by atoms with Gasteiger partial charge < -0.3 is 4.74 Å². The van der Waals surface area contributed by atoms with Gasteiger partial charge in [-0.2, -0.15) is 0 Å². The zero-order chi connectivity index (χ0) is 13.3. The van der Waals surface area contributed by atoms with Gasteiger partial charge in [0.25, 0.3) is 0 Å². The number of hydrogen-bond donors (Lipinski definition) is 0. The molecule has 1 aliphatic rings. The maximum absolute atomic E-state index is 5.69. The molecular formula is C16H24BrNO. The number of benzene rings is 1. The molecule has 0 bridgehead atoms. The summed E-state index contributed by atoms with van der Waals surface area (Å²) >= 11 is 3.56. The Kier molecular flexibility index (Phi) is 6.90. The predicted octanol–water partition coefficient (Wildman–Crippen LogP) is 3.84. The average Bonchev–Trinajstić information content (AvgIpc) is 2.93. The molecule has 1 fully saturated rings. The minimum Gasteiger partial charge on any atom is -0.378 e. The Labute approximate surface area is 125 Å². The van der Waals surface area contributed by atoms with Crippen LogP contribution in [0.15, 0.2) is 30.3 Å². The highest BCUT2D eigenvalue weighted by atomic mass is 79.9. The summed E-state index contributed by atoms with van der Waals surface area (Å²) < 4.78 is 5.69. The second-order valence-electron chi connectivity index (χ2n) is 5.23. The first-order valence-corrected chi connectivity index (χ1v) is 8.44. The summed E-state index contributed by atoms with van der Waals surface area (Å²) in [7, 11) is 0. The first-order valence-electron chi connectivity index (χ1n) is 7.32. The molecule has 2 rings (SSSR count). The molecular weight excluding hydrogens is 302 g/mol. The number of halogens is 1. The van der Waals surface area contributed by atoms with E-state index in [1.807, 2.05) is 0 Å². The van der Waals surface area contributed by atoms with Crippen molar-refractivity contribution >= 4 is 15.9 Å². The standard InChI is InChI=1S/C16H24BrNO/c17-10-12-18(14-15-6-2-1-3-7-15)11-4-8-16-9-5-13-19-16/h1-3,6-7,16H,4-5,8-14H2. The van der Waals surface area contributed by atoms with Crippen molar-refractivity contribution in [1.29, 1.82) is 0 Å². The van der Waals surface area contributed by atoms with E-state index in [0.717, 1.165) is 25.0 Å². The SMILES string of the molecule is BrCCN(CCCC1CCCO1)Cc1ccccc1. The number of nitrogens with zero attached hydrogens (tertiary/aromatic N) is 1. The fraction of sp³-hybridized carbons (Fsp3) is 0.625. The molecule has 0 radical (unpaired) electrons. The topological polar surface area (TPSA) is 12.5 Å². The van der Waals surface area contributed by atoms with Crippen LogP contribution in [0.25, 0.3) is 0 Å². The van der Waals surface area contributed by atoms with E-state index < -0.39 is 0 Å². The lowest BCUT2D eigenvalue weighted by Gasteiger charge is -2.22. The molecule has 106 valence electrons. The summed E-state index contributed by atoms with van der Waals surface area (Å²) in [6.45, 7) is 4.30. The number of rotatable bonds is 8. The van der Waals surface area contributed by atoms with Crippen molar-refractivity contribution in [2.45, 2.75) is 38.3 Å². The van der Waals surface area contributed by atoms with Crippen molar-refractivity contribution in [3.8, 4) is 0 Å². The van der Waals surface area contributed by atoms with Gasteiger partial charge in [0.05, 0.1) is 6.10 Å². The van der Waals surface area contributed by atoms with Crippen LogP contribution >= 0.6 is 15.9 Å². The van der Waals surface area contributed by atoms with Crippen LogP contribution in [0.4, 0.5) is 0 Å². The Morgan fingerprint density at radius 1 is 1.21 bits per heavy atom. The number of alkyl halides is 1. The van der Waals surface area contributed by atoms with Gasteiger partial charge in [-0.15, -0.1) is 0 Å². The molecule has 0 aromatic heterocycles. The first-order chi connectivity index (χ1) is 9.38. The molecule has 19 heavy (non-hydrogen) atoms. The van der Waals surface area contributed by atoms with E-state index in [9.17, 15) is 0 Å². The van der Waals surface area contributed by atoms with Crippen LogP contribution in [0.1, 0.15) is 31.2 Å². The Balaban J connectivity index is 1.72. The van der Waals surface area contributed by atoms with Crippen molar-refractivity contribution < 1.29 is 4.74 Å². The molecule has 1 unspecified atom stereocenters. The van der Waals surface area contributed by atoms with Crippen molar-refractivity contribution in [3.05, 3.63) is 35.9 Å². The second-order valence-corrected chi connectivity index (χ2v) is 6.02. The fourth-order valence-corrected chi connectivity index (χ4v) is 3.15. The summed E-state index contributed by atoms with van der Waals surface area (Å²) in [5.74, 6) is 0. The molecule has 1 heterocycles. The van der Waals surface area contributed by atoms with E-state index in [1.54, 1.807) is 0 Å². The van der Waals surface area contributed by atoms with Crippen LogP contribution in [0.2, 0.25) is 0 Å². The van der Waals surface area contributed by atoms with Crippen molar-refractivity contribution in [1.82, 2.24) is 4.90 Å². The van der Waals surface area contributed by atoms with Gasteiger partial charge in [0.2, 0.25) is 0 Å². The van der Waals surface area contributed by atoms with Gasteiger partial charge >= 0.3 is 0 Å². The van der Waals surface area contributed by atoms with E-state index in [4.69, 9.17) is 4.74 Å². The quantitative estimate of drug-likeness (QED) is 0.673. The first kappa shape index (κ1) is 15.0. The van der Waals surface area contributed by atoms with E-state index in [1.165, 1.54) is 37.8 Å². The third kappa shape index (κ3) is 5.64. The lowest BCUT2D eigenvalue weighted by atomic mass is 10.1. The molecule has 1 aromatic carbocycles. The minimum absolute atomic E-state index is 0.530. The van der Waals surface area contributed by atoms with Crippen LogP contribution in [0, 0.1) is 0 Å². The molecule has 0 N–H and O–H groups in total. The monoisotopic (exact) mass is 325 g/mol. The van der Waals surface area contributed by atoms with Crippen LogP contribution in [-0.2, 0) is 11.3 Å². The molecule has 0 amide bonds. The van der Waals surface area contributed by atoms with Gasteiger partial charge in [-0.25, -0.2) is 0 Å². The molecule has 1 aromatic rings. The lowest BCUT2D eigenvalue weighted by Crippen LogP contribution is -2.27. The smallest absolute Gasteiger partial charge is 0.0576 e. The van der Waals surface area contributed by atoms with Crippen LogP contribution in [0.3, 0.4) is 0 Å². The van der Waals surface area contributed by atoms with E-state index in [-0.39, 0.29) is 0 Å². The van der Waals surface area contributed by atoms with Gasteiger partial charge in [-0.05, 0) is 37.8 Å². The van der Waals surface area contributed by atoms with E-state index in [2.05, 4.69) is 51.2 Å². The second kappa shape index (κ2) is 8.72. The molecule has 3 heteroatoms. The van der Waals surface area contributed by atoms with Gasteiger partial charge in [-0.3, -0.25) is 4.90 Å². The third-order valence-electron chi connectivity index (χ3n) is 3.67. The summed E-state index contributed by atoms with van der Waals surface area (Å²) in [4.78, 5) is 2.53. The molecule has 0 spiro atoms. The molecule has 1 aliphatic heterocycles. The minimum atomic E-state index is 0.530. The average molecular weight is 326 g/mol. The Morgan fingerprint density at radius 3 is 2.74 bits per heavy atom. The zero-order valence-electron chi connectivity index (χ0n) is 11.6. The third-order valence-corrected chi connectivity index (χ3v) is 4.03. The van der Waals surface area contributed by atoms with Crippen molar-refractivity contribution in [2.24, 2.45) is 0 Å². The van der Waals surface area contributed by atoms with Gasteiger partial charge in [0.1, 0.15) is 0 Å². The molecule has 2 nitrogen and oxygen atoms in total. The summed E-state index contributed by atoms with van der Waals surface area (Å²) in [6, 6.07) is 10.7. The zero-order valence-corrected chi connectivity index (χ0v) is 13.1. The summed E-state index contributed by atoms with van der Waals surface area (Å²) in [6.07, 6.45) is 5.50. The van der Waals surface area contributed by atoms with Gasteiger partial charge in [-0.1, -0.05) is 46.3 Å². The van der Waals surface area contributed by atoms with Gasteiger partial charge in [0.15, 0.2) is 0 Å². The van der Waals surface area contributed by atoms with Crippen molar-refractivity contribution in [2.75, 3.05) is 25.0 Å². The predicted molar refractivity (Wildman–Crippen MR) is 83.7 cm³/mol. The van der Waals surface area contributed by atoms with Gasteiger partial charge in [0, 0.05) is 25.0 Å².